The third-order valence-electron chi connectivity index (χ3n) is 10.3. The van der Waals surface area contributed by atoms with E-state index in [1.54, 1.807) is 17.3 Å². The monoisotopic (exact) mass is 700 g/mol. The smallest absolute Gasteiger partial charge is 0.378 e. The fourth-order valence-electron chi connectivity index (χ4n) is 6.98. The average Bonchev–Trinajstić information content (AvgIpc) is 4.02. The second kappa shape index (κ2) is 13.4. The van der Waals surface area contributed by atoms with Crippen molar-refractivity contribution in [1.82, 2.24) is 14.9 Å². The standard InChI is InChI=1S/C37H42F6N6O/c1-24-4-3-5-28-16-31(35(2,46-33(24)28)49(21-25-6-7-25)22-26-8-9-26)23-48(34-44-18-32(19-45-34)47-10-12-50-13-11-47)20-27-14-29(36(38,39)40)17-30(15-27)37(41,42)43/h3-5,14-19,25-26,46H,6-13,20-23H2,1-2H3. The molecule has 0 spiro atoms. The quantitative estimate of drug-likeness (QED) is 0.204. The molecule has 4 aliphatic rings. The van der Waals surface area contributed by atoms with Gasteiger partial charge in [0.1, 0.15) is 5.66 Å². The molecular weight excluding hydrogens is 658 g/mol. The number of para-hydroxylation sites is 1. The van der Waals surface area contributed by atoms with E-state index >= 15 is 0 Å². The number of aromatic nitrogens is 2. The number of hydrogen-bond donors (Lipinski definition) is 1. The first-order valence-electron chi connectivity index (χ1n) is 17.3. The van der Waals surface area contributed by atoms with E-state index in [0.29, 0.717) is 38.1 Å². The second-order valence-corrected chi connectivity index (χ2v) is 14.3. The zero-order valence-electron chi connectivity index (χ0n) is 28.2. The van der Waals surface area contributed by atoms with Crippen LogP contribution in [0.1, 0.15) is 60.4 Å². The summed E-state index contributed by atoms with van der Waals surface area (Å²) in [6.45, 7) is 8.31. The fraction of sp³-hybridized carbons (Fsp3) is 0.514. The number of alkyl halides is 6. The molecule has 1 atom stereocenters. The number of benzene rings is 2. The van der Waals surface area contributed by atoms with Gasteiger partial charge in [0.05, 0.1) is 42.4 Å². The number of hydrogen-bond acceptors (Lipinski definition) is 7. The molecule has 3 fully saturated rings. The van der Waals surface area contributed by atoms with Crippen LogP contribution in [0.4, 0.5) is 43.7 Å². The predicted molar refractivity (Wildman–Crippen MR) is 181 cm³/mol. The van der Waals surface area contributed by atoms with Crippen molar-refractivity contribution in [1.29, 1.82) is 0 Å². The molecule has 0 amide bonds. The number of fused-ring (bicyclic) bond motifs is 1. The SMILES string of the molecule is Cc1cccc2c1NC(C)(N(CC1CC1)CC1CC1)C(CN(Cc1cc(C(F)(F)F)cc(C(F)(F)F)c1)c1ncc(N3CCOCC3)cn1)=C2. The van der Waals surface area contributed by atoms with Crippen LogP contribution in [0.15, 0.2) is 54.4 Å². The Morgan fingerprint density at radius 1 is 0.880 bits per heavy atom. The molecule has 1 N–H and O–H groups in total. The minimum atomic E-state index is -4.96. The van der Waals surface area contributed by atoms with Gasteiger partial charge >= 0.3 is 12.4 Å². The average molecular weight is 701 g/mol. The summed E-state index contributed by atoms with van der Waals surface area (Å²) in [5.74, 6) is 1.39. The van der Waals surface area contributed by atoms with Crippen molar-refractivity contribution in [2.75, 3.05) is 61.1 Å². The molecule has 1 aromatic heterocycles. The lowest BCUT2D eigenvalue weighted by molar-refractivity contribution is -0.143. The molecule has 3 aromatic rings. The third kappa shape index (κ3) is 7.73. The number of rotatable bonds is 11. The summed E-state index contributed by atoms with van der Waals surface area (Å²) in [4.78, 5) is 15.6. The highest BCUT2D eigenvalue weighted by atomic mass is 19.4. The van der Waals surface area contributed by atoms with Crippen molar-refractivity contribution in [3.05, 3.63) is 82.2 Å². The normalized spacial score (nSPS) is 21.1. The zero-order chi connectivity index (χ0) is 35.3. The molecule has 1 saturated heterocycles. The number of ether oxygens (including phenoxy) is 1. The fourth-order valence-corrected chi connectivity index (χ4v) is 6.98. The first-order chi connectivity index (χ1) is 23.8. The highest BCUT2D eigenvalue weighted by Crippen LogP contribution is 2.43. The molecule has 13 heteroatoms. The number of nitrogens with zero attached hydrogens (tertiary/aromatic N) is 5. The van der Waals surface area contributed by atoms with Gasteiger partial charge in [0.25, 0.3) is 0 Å². The number of morpholine rings is 1. The molecule has 0 bridgehead atoms. The molecule has 268 valence electrons. The van der Waals surface area contributed by atoms with E-state index in [2.05, 4.69) is 51.1 Å². The number of anilines is 3. The van der Waals surface area contributed by atoms with Gasteiger partial charge in [-0.15, -0.1) is 0 Å². The lowest BCUT2D eigenvalue weighted by Gasteiger charge is -2.48. The van der Waals surface area contributed by atoms with Crippen molar-refractivity contribution >= 4 is 23.4 Å². The molecule has 7 nitrogen and oxygen atoms in total. The molecule has 2 aliphatic heterocycles. The van der Waals surface area contributed by atoms with Crippen LogP contribution >= 0.6 is 0 Å². The highest BCUT2D eigenvalue weighted by Gasteiger charge is 2.44. The first kappa shape index (κ1) is 34.6. The van der Waals surface area contributed by atoms with Gasteiger partial charge < -0.3 is 19.9 Å². The van der Waals surface area contributed by atoms with Crippen molar-refractivity contribution in [2.45, 2.75) is 64.1 Å². The molecular formula is C37H42F6N6O. The van der Waals surface area contributed by atoms with E-state index in [4.69, 9.17) is 4.74 Å². The lowest BCUT2D eigenvalue weighted by atomic mass is 9.89. The molecule has 50 heavy (non-hydrogen) atoms. The molecule has 7 rings (SSSR count). The van der Waals surface area contributed by atoms with Gasteiger partial charge in [0.2, 0.25) is 5.95 Å². The maximum Gasteiger partial charge on any atom is 0.416 e. The minimum Gasteiger partial charge on any atom is -0.378 e. The van der Waals surface area contributed by atoms with E-state index in [-0.39, 0.29) is 30.7 Å². The summed E-state index contributed by atoms with van der Waals surface area (Å²) in [6.07, 6.45) is 0.178. The van der Waals surface area contributed by atoms with Gasteiger partial charge in [-0.1, -0.05) is 18.2 Å². The third-order valence-corrected chi connectivity index (χ3v) is 10.3. The number of aryl methyl sites for hydroxylation is 1. The van der Waals surface area contributed by atoms with Gasteiger partial charge in [-0.25, -0.2) is 9.97 Å². The van der Waals surface area contributed by atoms with Gasteiger partial charge in [-0.05, 0) is 97.9 Å². The Kier molecular flexibility index (Phi) is 9.25. The number of halogens is 6. The molecule has 2 aliphatic carbocycles. The van der Waals surface area contributed by atoms with Crippen LogP contribution in [-0.4, -0.2) is 66.5 Å². The van der Waals surface area contributed by atoms with Crippen molar-refractivity contribution < 1.29 is 31.1 Å². The Morgan fingerprint density at radius 2 is 1.48 bits per heavy atom. The summed E-state index contributed by atoms with van der Waals surface area (Å²) >= 11 is 0. The summed E-state index contributed by atoms with van der Waals surface area (Å²) < 4.78 is 89.0. The van der Waals surface area contributed by atoms with Crippen LogP contribution in [0.2, 0.25) is 0 Å². The van der Waals surface area contributed by atoms with Crippen LogP contribution in [0.3, 0.4) is 0 Å². The van der Waals surface area contributed by atoms with Crippen LogP contribution in [-0.2, 0) is 23.6 Å². The Balaban J connectivity index is 1.30. The van der Waals surface area contributed by atoms with E-state index in [1.165, 1.54) is 25.7 Å². The Morgan fingerprint density at radius 3 is 2.04 bits per heavy atom. The summed E-state index contributed by atoms with van der Waals surface area (Å²) in [5, 5.41) is 3.86. The second-order valence-electron chi connectivity index (χ2n) is 14.3. The Labute approximate surface area is 288 Å². The van der Waals surface area contributed by atoms with E-state index < -0.39 is 29.1 Å². The Hall–Kier alpha value is -3.84. The van der Waals surface area contributed by atoms with E-state index in [9.17, 15) is 26.3 Å². The molecule has 3 heterocycles. The molecule has 2 saturated carbocycles. The molecule has 2 aromatic carbocycles. The number of nitrogens with one attached hydrogen (secondary N) is 1. The van der Waals surface area contributed by atoms with Crippen LogP contribution in [0, 0.1) is 18.8 Å². The zero-order valence-corrected chi connectivity index (χ0v) is 28.2. The maximum atomic E-state index is 13.9. The summed E-state index contributed by atoms with van der Waals surface area (Å²) in [6, 6.07) is 7.80. The first-order valence-corrected chi connectivity index (χ1v) is 17.3. The van der Waals surface area contributed by atoms with Gasteiger partial charge in [-0.2, -0.15) is 26.3 Å². The van der Waals surface area contributed by atoms with Crippen LogP contribution in [0.25, 0.3) is 6.08 Å². The topological polar surface area (TPSA) is 56.8 Å². The van der Waals surface area contributed by atoms with Gasteiger partial charge in [0, 0.05) is 45.0 Å². The van der Waals surface area contributed by atoms with E-state index in [1.807, 2.05) is 12.1 Å². The lowest BCUT2D eigenvalue weighted by Crippen LogP contribution is -2.58. The van der Waals surface area contributed by atoms with Crippen LogP contribution < -0.4 is 15.1 Å². The minimum absolute atomic E-state index is 0.136. The predicted octanol–water partition coefficient (Wildman–Crippen LogP) is 8.01. The van der Waals surface area contributed by atoms with Crippen molar-refractivity contribution in [3.8, 4) is 0 Å². The molecule has 1 unspecified atom stereocenters. The van der Waals surface area contributed by atoms with Crippen LogP contribution in [0.5, 0.6) is 0 Å². The highest BCUT2D eigenvalue weighted by molar-refractivity contribution is 5.77. The van der Waals surface area contributed by atoms with Gasteiger partial charge in [-0.3, -0.25) is 4.90 Å². The molecule has 0 radical (unpaired) electrons. The van der Waals surface area contributed by atoms with Crippen molar-refractivity contribution in [2.24, 2.45) is 11.8 Å². The largest absolute Gasteiger partial charge is 0.416 e. The Bertz CT molecular complexity index is 1670. The van der Waals surface area contributed by atoms with E-state index in [0.717, 1.165) is 53.3 Å². The summed E-state index contributed by atoms with van der Waals surface area (Å²) in [5.41, 5.74) is 1.26. The van der Waals surface area contributed by atoms with Gasteiger partial charge in [0.15, 0.2) is 0 Å². The van der Waals surface area contributed by atoms with Crippen molar-refractivity contribution in [3.63, 3.8) is 0 Å². The summed E-state index contributed by atoms with van der Waals surface area (Å²) in [7, 11) is 0. The maximum absolute atomic E-state index is 13.9.